The van der Waals surface area contributed by atoms with Gasteiger partial charge in [-0.25, -0.2) is 13.6 Å². The van der Waals surface area contributed by atoms with Gasteiger partial charge in [0, 0.05) is 17.0 Å². The summed E-state index contributed by atoms with van der Waals surface area (Å²) in [6.07, 6.45) is 1.05. The lowest BCUT2D eigenvalue weighted by atomic mass is 10.0. The SMILES string of the molecule is O=C(O)c1c[nH]c2c(ccc3cc(F)c(F)cc32)c1=O. The normalized spacial score (nSPS) is 11.1. The lowest BCUT2D eigenvalue weighted by Gasteiger charge is -2.05. The van der Waals surface area contributed by atoms with Crippen LogP contribution < -0.4 is 5.43 Å². The molecule has 0 unspecified atom stereocenters. The molecule has 0 radical (unpaired) electrons. The summed E-state index contributed by atoms with van der Waals surface area (Å²) in [6.45, 7) is 0. The molecule has 6 heteroatoms. The molecule has 2 N–H and O–H groups in total. The number of carboxylic acids is 1. The zero-order valence-electron chi connectivity index (χ0n) is 9.91. The van der Waals surface area contributed by atoms with Crippen molar-refractivity contribution in [1.82, 2.24) is 4.98 Å². The predicted octanol–water partition coefficient (Wildman–Crippen LogP) is 2.66. The molecule has 0 atom stereocenters. The maximum atomic E-state index is 13.3. The molecule has 0 fully saturated rings. The number of halogens is 2. The second-order valence-electron chi connectivity index (χ2n) is 4.31. The molecule has 3 rings (SSSR count). The number of nitrogens with one attached hydrogen (secondary N) is 1. The van der Waals surface area contributed by atoms with Crippen LogP contribution in [-0.2, 0) is 0 Å². The topological polar surface area (TPSA) is 70.2 Å². The van der Waals surface area contributed by atoms with Gasteiger partial charge in [0.1, 0.15) is 5.56 Å². The van der Waals surface area contributed by atoms with Gasteiger partial charge in [0.25, 0.3) is 0 Å². The Morgan fingerprint density at radius 1 is 1.10 bits per heavy atom. The highest BCUT2D eigenvalue weighted by molar-refractivity contribution is 6.06. The van der Waals surface area contributed by atoms with E-state index in [2.05, 4.69) is 4.98 Å². The number of aromatic amines is 1. The first-order valence-corrected chi connectivity index (χ1v) is 5.65. The van der Waals surface area contributed by atoms with Gasteiger partial charge in [-0.1, -0.05) is 6.07 Å². The van der Waals surface area contributed by atoms with Crippen LogP contribution in [0.5, 0.6) is 0 Å². The summed E-state index contributed by atoms with van der Waals surface area (Å²) in [5, 5.41) is 9.73. The van der Waals surface area contributed by atoms with Gasteiger partial charge in [-0.3, -0.25) is 4.79 Å². The van der Waals surface area contributed by atoms with E-state index in [0.29, 0.717) is 10.8 Å². The summed E-state index contributed by atoms with van der Waals surface area (Å²) in [6, 6.07) is 4.83. The maximum Gasteiger partial charge on any atom is 0.341 e. The average molecular weight is 275 g/mol. The number of carboxylic acid groups (broad SMARTS) is 1. The minimum absolute atomic E-state index is 0.114. The number of rotatable bonds is 1. The minimum atomic E-state index is -1.35. The van der Waals surface area contributed by atoms with Crippen LogP contribution in [0.4, 0.5) is 8.78 Å². The molecule has 4 nitrogen and oxygen atoms in total. The van der Waals surface area contributed by atoms with Crippen molar-refractivity contribution in [3.05, 3.63) is 57.9 Å². The molecule has 0 saturated carbocycles. The molecule has 20 heavy (non-hydrogen) atoms. The molecule has 0 aliphatic heterocycles. The van der Waals surface area contributed by atoms with Crippen molar-refractivity contribution in [3.63, 3.8) is 0 Å². The number of pyridine rings is 1. The Morgan fingerprint density at radius 2 is 1.80 bits per heavy atom. The molecule has 3 aromatic rings. The number of benzene rings is 2. The molecule has 0 bridgehead atoms. The van der Waals surface area contributed by atoms with Crippen LogP contribution in [0.25, 0.3) is 21.7 Å². The Balaban J connectivity index is 2.50. The molecule has 0 spiro atoms. The van der Waals surface area contributed by atoms with Crippen molar-refractivity contribution < 1.29 is 18.7 Å². The zero-order chi connectivity index (χ0) is 14.4. The number of H-pyrrole nitrogens is 1. The number of fused-ring (bicyclic) bond motifs is 3. The lowest BCUT2D eigenvalue weighted by molar-refractivity contribution is 0.0695. The van der Waals surface area contributed by atoms with Crippen molar-refractivity contribution in [1.29, 1.82) is 0 Å². The summed E-state index contributed by atoms with van der Waals surface area (Å²) in [4.78, 5) is 25.6. The number of aromatic nitrogens is 1. The van der Waals surface area contributed by atoms with Gasteiger partial charge in [-0.15, -0.1) is 0 Å². The number of carbonyl (C=O) groups is 1. The van der Waals surface area contributed by atoms with E-state index in [0.717, 1.165) is 18.3 Å². The van der Waals surface area contributed by atoms with E-state index in [4.69, 9.17) is 5.11 Å². The van der Waals surface area contributed by atoms with Gasteiger partial charge in [0.15, 0.2) is 11.6 Å². The second kappa shape index (κ2) is 4.12. The standard InChI is InChI=1S/C14H7F2NO3/c15-10-3-6-1-2-7-12(8(6)4-11(10)16)17-5-9(13(7)18)14(19)20/h1-5H,(H,17,18)(H,19,20). The first-order chi connectivity index (χ1) is 9.49. The van der Waals surface area contributed by atoms with Crippen LogP contribution in [0.15, 0.2) is 35.3 Å². The van der Waals surface area contributed by atoms with Crippen molar-refractivity contribution in [2.75, 3.05) is 0 Å². The van der Waals surface area contributed by atoms with E-state index in [1.54, 1.807) is 0 Å². The third-order valence-corrected chi connectivity index (χ3v) is 3.14. The summed E-state index contributed by atoms with van der Waals surface area (Å²) >= 11 is 0. The fourth-order valence-electron chi connectivity index (χ4n) is 2.18. The number of hydrogen-bond donors (Lipinski definition) is 2. The number of hydrogen-bond acceptors (Lipinski definition) is 2. The van der Waals surface area contributed by atoms with E-state index in [1.165, 1.54) is 12.1 Å². The molecule has 2 aromatic carbocycles. The molecule has 0 aliphatic rings. The van der Waals surface area contributed by atoms with E-state index < -0.39 is 28.6 Å². The van der Waals surface area contributed by atoms with Crippen LogP contribution >= 0.6 is 0 Å². The smallest absolute Gasteiger partial charge is 0.341 e. The van der Waals surface area contributed by atoms with E-state index in [1.807, 2.05) is 0 Å². The summed E-state index contributed by atoms with van der Waals surface area (Å²) in [7, 11) is 0. The first kappa shape index (κ1) is 12.3. The summed E-state index contributed by atoms with van der Waals surface area (Å²) in [5.41, 5.74) is -0.797. The van der Waals surface area contributed by atoms with Crippen molar-refractivity contribution in [3.8, 4) is 0 Å². The third kappa shape index (κ3) is 1.65. The lowest BCUT2D eigenvalue weighted by Crippen LogP contribution is -2.15. The van der Waals surface area contributed by atoms with Crippen molar-refractivity contribution >= 4 is 27.6 Å². The largest absolute Gasteiger partial charge is 0.477 e. The van der Waals surface area contributed by atoms with Gasteiger partial charge >= 0.3 is 5.97 Å². The van der Waals surface area contributed by atoms with Crippen LogP contribution in [0.3, 0.4) is 0 Å². The van der Waals surface area contributed by atoms with E-state index in [9.17, 15) is 18.4 Å². The highest BCUT2D eigenvalue weighted by Gasteiger charge is 2.14. The molecule has 100 valence electrons. The Morgan fingerprint density at radius 3 is 2.50 bits per heavy atom. The van der Waals surface area contributed by atoms with Crippen LogP contribution in [0.2, 0.25) is 0 Å². The van der Waals surface area contributed by atoms with Crippen molar-refractivity contribution in [2.24, 2.45) is 0 Å². The zero-order valence-corrected chi connectivity index (χ0v) is 9.91. The van der Waals surface area contributed by atoms with E-state index in [-0.39, 0.29) is 10.9 Å². The Kier molecular flexibility index (Phi) is 2.53. The third-order valence-electron chi connectivity index (χ3n) is 3.14. The summed E-state index contributed by atoms with van der Waals surface area (Å²) in [5.74, 6) is -3.37. The minimum Gasteiger partial charge on any atom is -0.477 e. The monoisotopic (exact) mass is 275 g/mol. The van der Waals surface area contributed by atoms with Crippen LogP contribution in [0, 0.1) is 11.6 Å². The number of aromatic carboxylic acids is 1. The second-order valence-corrected chi connectivity index (χ2v) is 4.31. The Bertz CT molecular complexity index is 931. The molecule has 1 heterocycles. The first-order valence-electron chi connectivity index (χ1n) is 5.65. The van der Waals surface area contributed by atoms with Crippen LogP contribution in [-0.4, -0.2) is 16.1 Å². The molecule has 0 saturated heterocycles. The van der Waals surface area contributed by atoms with E-state index >= 15 is 0 Å². The van der Waals surface area contributed by atoms with Crippen LogP contribution in [0.1, 0.15) is 10.4 Å². The highest BCUT2D eigenvalue weighted by atomic mass is 19.2. The molecular weight excluding hydrogens is 268 g/mol. The quantitative estimate of drug-likeness (QED) is 0.671. The van der Waals surface area contributed by atoms with Gasteiger partial charge in [0.2, 0.25) is 5.43 Å². The Hall–Kier alpha value is -2.76. The molecule has 0 aliphatic carbocycles. The van der Waals surface area contributed by atoms with Gasteiger partial charge < -0.3 is 10.1 Å². The molecular formula is C14H7F2NO3. The fraction of sp³-hybridized carbons (Fsp3) is 0. The Labute approximate surface area is 110 Å². The molecule has 1 aromatic heterocycles. The average Bonchev–Trinajstić information content (AvgIpc) is 2.40. The maximum absolute atomic E-state index is 13.3. The van der Waals surface area contributed by atoms with Gasteiger partial charge in [0.05, 0.1) is 5.52 Å². The fourth-order valence-corrected chi connectivity index (χ4v) is 2.18. The highest BCUT2D eigenvalue weighted by Crippen LogP contribution is 2.24. The molecule has 0 amide bonds. The predicted molar refractivity (Wildman–Crippen MR) is 69.0 cm³/mol. The van der Waals surface area contributed by atoms with Gasteiger partial charge in [-0.2, -0.15) is 0 Å². The summed E-state index contributed by atoms with van der Waals surface area (Å²) < 4.78 is 26.5. The van der Waals surface area contributed by atoms with Gasteiger partial charge in [-0.05, 0) is 23.6 Å². The van der Waals surface area contributed by atoms with Crippen molar-refractivity contribution in [2.45, 2.75) is 0 Å².